The van der Waals surface area contributed by atoms with E-state index in [4.69, 9.17) is 5.73 Å². The lowest BCUT2D eigenvalue weighted by molar-refractivity contribution is 0.0998. The molecule has 0 aliphatic rings. The Bertz CT molecular complexity index is 374. The van der Waals surface area contributed by atoms with Gasteiger partial charge in [0, 0.05) is 11.1 Å². The summed E-state index contributed by atoms with van der Waals surface area (Å²) in [6, 6.07) is 0.954. The van der Waals surface area contributed by atoms with Crippen molar-refractivity contribution in [2.75, 3.05) is 0 Å². The number of carbonyl (C=O) groups is 1. The van der Waals surface area contributed by atoms with Crippen molar-refractivity contribution in [3.05, 3.63) is 34.4 Å². The molecule has 2 nitrogen and oxygen atoms in total. The van der Waals surface area contributed by atoms with Gasteiger partial charge in [0.05, 0.1) is 0 Å². The summed E-state index contributed by atoms with van der Waals surface area (Å²) in [5.41, 5.74) is 4.81. The highest BCUT2D eigenvalue weighted by molar-refractivity contribution is 5.94. The lowest BCUT2D eigenvalue weighted by atomic mass is 10.0. The summed E-state index contributed by atoms with van der Waals surface area (Å²) >= 11 is 0. The number of amides is 1. The molecule has 0 atom stereocenters. The third kappa shape index (κ3) is 1.52. The minimum absolute atomic E-state index is 0.0893. The predicted octanol–water partition coefficient (Wildman–Crippen LogP) is 1.68. The molecule has 0 saturated heterocycles. The van der Waals surface area contributed by atoms with Gasteiger partial charge < -0.3 is 5.73 Å². The van der Waals surface area contributed by atoms with Gasteiger partial charge in [0.2, 0.25) is 5.91 Å². The normalized spacial score (nSPS) is 10.2. The lowest BCUT2D eigenvalue weighted by Crippen LogP contribution is -2.14. The Morgan fingerprint density at radius 3 is 2.31 bits per heavy atom. The van der Waals surface area contributed by atoms with Gasteiger partial charge in [-0.2, -0.15) is 0 Å². The second kappa shape index (κ2) is 3.12. The SMILES string of the molecule is Cc1c(F)cc(C(N)=O)c(C)c1F. The molecule has 1 amide bonds. The first-order valence-corrected chi connectivity index (χ1v) is 3.70. The molecule has 2 N–H and O–H groups in total. The van der Waals surface area contributed by atoms with Gasteiger partial charge in [-0.05, 0) is 25.5 Å². The van der Waals surface area contributed by atoms with E-state index in [9.17, 15) is 13.6 Å². The van der Waals surface area contributed by atoms with Gasteiger partial charge >= 0.3 is 0 Å². The van der Waals surface area contributed by atoms with E-state index in [2.05, 4.69) is 0 Å². The average molecular weight is 185 g/mol. The smallest absolute Gasteiger partial charge is 0.249 e. The van der Waals surface area contributed by atoms with Gasteiger partial charge in [-0.25, -0.2) is 8.78 Å². The Kier molecular flexibility index (Phi) is 2.32. The number of hydrogen-bond donors (Lipinski definition) is 1. The van der Waals surface area contributed by atoms with Crippen molar-refractivity contribution in [2.24, 2.45) is 5.73 Å². The van der Waals surface area contributed by atoms with Crippen LogP contribution in [0.3, 0.4) is 0 Å². The summed E-state index contributed by atoms with van der Waals surface area (Å²) in [6.07, 6.45) is 0. The molecule has 4 heteroatoms. The summed E-state index contributed by atoms with van der Waals surface area (Å²) in [4.78, 5) is 10.7. The first kappa shape index (κ1) is 9.64. The number of halogens is 2. The van der Waals surface area contributed by atoms with Gasteiger partial charge in [0.1, 0.15) is 11.6 Å². The third-order valence-corrected chi connectivity index (χ3v) is 1.96. The molecule has 0 aliphatic heterocycles. The molecule has 0 spiro atoms. The molecule has 0 radical (unpaired) electrons. The van der Waals surface area contributed by atoms with E-state index in [0.29, 0.717) is 0 Å². The van der Waals surface area contributed by atoms with Crippen molar-refractivity contribution in [1.82, 2.24) is 0 Å². The minimum Gasteiger partial charge on any atom is -0.366 e. The summed E-state index contributed by atoms with van der Waals surface area (Å²) < 4.78 is 26.1. The quantitative estimate of drug-likeness (QED) is 0.710. The van der Waals surface area contributed by atoms with Crippen LogP contribution in [0.5, 0.6) is 0 Å². The van der Waals surface area contributed by atoms with Crippen molar-refractivity contribution in [2.45, 2.75) is 13.8 Å². The zero-order valence-corrected chi connectivity index (χ0v) is 7.32. The highest BCUT2D eigenvalue weighted by Crippen LogP contribution is 2.19. The second-order valence-corrected chi connectivity index (χ2v) is 2.83. The summed E-state index contributed by atoms with van der Waals surface area (Å²) in [5.74, 6) is -2.29. The first-order chi connectivity index (χ1) is 5.95. The molecular formula is C9H9F2NO. The van der Waals surface area contributed by atoms with Crippen LogP contribution in [-0.4, -0.2) is 5.91 Å². The molecule has 1 rings (SSSR count). The molecule has 0 unspecified atom stereocenters. The molecule has 0 aliphatic carbocycles. The van der Waals surface area contributed by atoms with Gasteiger partial charge in [-0.15, -0.1) is 0 Å². The number of rotatable bonds is 1. The van der Waals surface area contributed by atoms with Gasteiger partial charge in [-0.3, -0.25) is 4.79 Å². The Hall–Kier alpha value is -1.45. The van der Waals surface area contributed by atoms with Gasteiger partial charge in [0.15, 0.2) is 0 Å². The van der Waals surface area contributed by atoms with Crippen molar-refractivity contribution in [3.63, 3.8) is 0 Å². The van der Waals surface area contributed by atoms with E-state index in [1.54, 1.807) is 0 Å². The Balaban J connectivity index is 3.50. The number of benzene rings is 1. The minimum atomic E-state index is -0.824. The Morgan fingerprint density at radius 1 is 1.31 bits per heavy atom. The van der Waals surface area contributed by atoms with Crippen LogP contribution in [-0.2, 0) is 0 Å². The van der Waals surface area contributed by atoms with Crippen LogP contribution in [0, 0.1) is 25.5 Å². The monoisotopic (exact) mass is 185 g/mol. The van der Waals surface area contributed by atoms with Crippen LogP contribution in [0.1, 0.15) is 21.5 Å². The van der Waals surface area contributed by atoms with Crippen molar-refractivity contribution >= 4 is 5.91 Å². The molecule has 0 aromatic heterocycles. The summed E-state index contributed by atoms with van der Waals surface area (Å²) in [6.45, 7) is 2.70. The second-order valence-electron chi connectivity index (χ2n) is 2.83. The molecule has 0 saturated carbocycles. The molecule has 0 bridgehead atoms. The lowest BCUT2D eigenvalue weighted by Gasteiger charge is -2.06. The largest absolute Gasteiger partial charge is 0.366 e. The van der Waals surface area contributed by atoms with Crippen LogP contribution in [0.4, 0.5) is 8.78 Å². The Labute approximate surface area is 74.4 Å². The standard InChI is InChI=1S/C9H9F2NO/c1-4-6(9(12)13)3-7(10)5(2)8(4)11/h3H,1-2H3,(H2,12,13). The van der Waals surface area contributed by atoms with Crippen LogP contribution in [0.25, 0.3) is 0 Å². The fourth-order valence-corrected chi connectivity index (χ4v) is 1.10. The molecule has 1 aromatic carbocycles. The zero-order chi connectivity index (χ0) is 10.2. The average Bonchev–Trinajstić information content (AvgIpc) is 2.07. The van der Waals surface area contributed by atoms with E-state index < -0.39 is 17.5 Å². The summed E-state index contributed by atoms with van der Waals surface area (Å²) in [5, 5.41) is 0. The number of nitrogens with two attached hydrogens (primary N) is 1. The molecule has 1 aromatic rings. The van der Waals surface area contributed by atoms with Crippen molar-refractivity contribution in [3.8, 4) is 0 Å². The zero-order valence-electron chi connectivity index (χ0n) is 7.32. The molecule has 0 heterocycles. The summed E-state index contributed by atoms with van der Waals surface area (Å²) in [7, 11) is 0. The Morgan fingerprint density at radius 2 is 1.85 bits per heavy atom. The van der Waals surface area contributed by atoms with Gasteiger partial charge in [-0.1, -0.05) is 0 Å². The van der Waals surface area contributed by atoms with E-state index in [0.717, 1.165) is 6.07 Å². The number of primary amides is 1. The highest BCUT2D eigenvalue weighted by Gasteiger charge is 2.15. The molecular weight excluding hydrogens is 176 g/mol. The molecule has 13 heavy (non-hydrogen) atoms. The number of hydrogen-bond acceptors (Lipinski definition) is 1. The molecule has 70 valence electrons. The number of carbonyl (C=O) groups excluding carboxylic acids is 1. The third-order valence-electron chi connectivity index (χ3n) is 1.96. The van der Waals surface area contributed by atoms with Crippen LogP contribution in [0.2, 0.25) is 0 Å². The van der Waals surface area contributed by atoms with Gasteiger partial charge in [0.25, 0.3) is 0 Å². The maximum Gasteiger partial charge on any atom is 0.249 e. The predicted molar refractivity (Wildman–Crippen MR) is 44.3 cm³/mol. The van der Waals surface area contributed by atoms with Crippen LogP contribution >= 0.6 is 0 Å². The van der Waals surface area contributed by atoms with E-state index in [-0.39, 0.29) is 16.7 Å². The maximum atomic E-state index is 13.2. The fourth-order valence-electron chi connectivity index (χ4n) is 1.10. The highest BCUT2D eigenvalue weighted by atomic mass is 19.1. The van der Waals surface area contributed by atoms with Crippen molar-refractivity contribution < 1.29 is 13.6 Å². The fraction of sp³-hybridized carbons (Fsp3) is 0.222. The van der Waals surface area contributed by atoms with E-state index >= 15 is 0 Å². The maximum absolute atomic E-state index is 13.2. The molecule has 0 fully saturated rings. The van der Waals surface area contributed by atoms with E-state index in [1.165, 1.54) is 13.8 Å². The van der Waals surface area contributed by atoms with E-state index in [1.807, 2.05) is 0 Å². The van der Waals surface area contributed by atoms with Crippen LogP contribution in [0.15, 0.2) is 6.07 Å². The van der Waals surface area contributed by atoms with Crippen molar-refractivity contribution in [1.29, 1.82) is 0 Å². The topological polar surface area (TPSA) is 43.1 Å². The van der Waals surface area contributed by atoms with Crippen LogP contribution < -0.4 is 5.73 Å². The first-order valence-electron chi connectivity index (χ1n) is 3.70.